The lowest BCUT2D eigenvalue weighted by atomic mass is 10.0. The first-order valence-electron chi connectivity index (χ1n) is 6.07. The molecule has 5 heteroatoms. The second kappa shape index (κ2) is 5.27. The molecule has 1 N–H and O–H groups in total. The van der Waals surface area contributed by atoms with Gasteiger partial charge in [-0.3, -0.25) is 0 Å². The van der Waals surface area contributed by atoms with E-state index in [9.17, 15) is 5.11 Å². The van der Waals surface area contributed by atoms with E-state index in [1.54, 1.807) is 0 Å². The highest BCUT2D eigenvalue weighted by atomic mass is 16.5. The largest absolute Gasteiger partial charge is 0.392 e. The molecule has 2 atom stereocenters. The van der Waals surface area contributed by atoms with E-state index in [0.717, 1.165) is 5.69 Å². The van der Waals surface area contributed by atoms with Crippen molar-refractivity contribution < 1.29 is 9.63 Å². The van der Waals surface area contributed by atoms with Crippen LogP contribution in [-0.2, 0) is 0 Å². The average Bonchev–Trinajstić information content (AvgIpc) is 2.86. The van der Waals surface area contributed by atoms with Crippen LogP contribution in [0.3, 0.4) is 0 Å². The van der Waals surface area contributed by atoms with Gasteiger partial charge in [-0.25, -0.2) is 4.98 Å². The van der Waals surface area contributed by atoms with Gasteiger partial charge in [0.15, 0.2) is 0 Å². The Morgan fingerprint density at radius 1 is 1.33 bits per heavy atom. The highest BCUT2D eigenvalue weighted by Crippen LogP contribution is 2.22. The van der Waals surface area contributed by atoms with E-state index in [4.69, 9.17) is 4.52 Å². The van der Waals surface area contributed by atoms with E-state index >= 15 is 0 Å². The topological polar surface area (TPSA) is 72.0 Å². The van der Waals surface area contributed by atoms with Crippen LogP contribution in [0.4, 0.5) is 0 Å². The van der Waals surface area contributed by atoms with E-state index in [2.05, 4.69) is 15.1 Å². The summed E-state index contributed by atoms with van der Waals surface area (Å²) in [5.41, 5.74) is 1.59. The van der Waals surface area contributed by atoms with Crippen LogP contribution >= 0.6 is 0 Å². The van der Waals surface area contributed by atoms with Crippen molar-refractivity contribution in [1.82, 2.24) is 15.1 Å². The third-order valence-corrected chi connectivity index (χ3v) is 2.94. The summed E-state index contributed by atoms with van der Waals surface area (Å²) >= 11 is 0. The molecule has 0 saturated carbocycles. The molecule has 18 heavy (non-hydrogen) atoms. The molecular formula is C13H17N3O2. The monoisotopic (exact) mass is 247 g/mol. The lowest BCUT2D eigenvalue weighted by Crippen LogP contribution is -2.14. The molecule has 0 saturated heterocycles. The predicted molar refractivity (Wildman–Crippen MR) is 67.0 cm³/mol. The Hall–Kier alpha value is -1.75. The average molecular weight is 247 g/mol. The summed E-state index contributed by atoms with van der Waals surface area (Å²) in [4.78, 5) is 8.62. The summed E-state index contributed by atoms with van der Waals surface area (Å²) in [7, 11) is 0. The van der Waals surface area contributed by atoms with Crippen LogP contribution in [0.1, 0.15) is 37.8 Å². The van der Waals surface area contributed by atoms with Gasteiger partial charge >= 0.3 is 0 Å². The van der Waals surface area contributed by atoms with Crippen LogP contribution in [0, 0.1) is 6.92 Å². The molecule has 5 nitrogen and oxygen atoms in total. The number of pyridine rings is 1. The summed E-state index contributed by atoms with van der Waals surface area (Å²) in [6.45, 7) is 5.70. The van der Waals surface area contributed by atoms with Gasteiger partial charge in [-0.2, -0.15) is 4.98 Å². The molecule has 0 radical (unpaired) electrons. The minimum absolute atomic E-state index is 0.166. The Morgan fingerprint density at radius 3 is 2.78 bits per heavy atom. The minimum atomic E-state index is -0.469. The van der Waals surface area contributed by atoms with Crippen LogP contribution in [0.5, 0.6) is 0 Å². The van der Waals surface area contributed by atoms with Crippen LogP contribution in [0.2, 0.25) is 0 Å². The first-order valence-corrected chi connectivity index (χ1v) is 6.07. The molecule has 2 heterocycles. The Kier molecular flexibility index (Phi) is 3.72. The number of aliphatic hydroxyl groups is 1. The molecule has 0 amide bonds. The zero-order valence-electron chi connectivity index (χ0n) is 10.8. The number of nitrogens with zero attached hydrogens (tertiary/aromatic N) is 3. The van der Waals surface area contributed by atoms with Crippen molar-refractivity contribution in [3.8, 4) is 11.5 Å². The second-order valence-corrected chi connectivity index (χ2v) is 4.38. The molecular weight excluding hydrogens is 230 g/mol. The lowest BCUT2D eigenvalue weighted by molar-refractivity contribution is 0.129. The summed E-state index contributed by atoms with van der Waals surface area (Å²) < 4.78 is 5.18. The van der Waals surface area contributed by atoms with Crippen LogP contribution in [0.15, 0.2) is 22.7 Å². The fourth-order valence-corrected chi connectivity index (χ4v) is 1.71. The highest BCUT2D eigenvalue weighted by molar-refractivity contribution is 5.48. The quantitative estimate of drug-likeness (QED) is 0.897. The molecule has 2 aromatic rings. The molecule has 0 bridgehead atoms. The maximum atomic E-state index is 9.76. The zero-order chi connectivity index (χ0) is 13.1. The van der Waals surface area contributed by atoms with E-state index in [-0.39, 0.29) is 5.92 Å². The van der Waals surface area contributed by atoms with Gasteiger partial charge in [-0.05, 0) is 25.5 Å². The van der Waals surface area contributed by atoms with Crippen molar-refractivity contribution in [2.75, 3.05) is 0 Å². The normalized spacial score (nSPS) is 14.4. The number of hydrogen-bond donors (Lipinski definition) is 1. The van der Waals surface area contributed by atoms with Crippen LogP contribution in [-0.4, -0.2) is 26.3 Å². The summed E-state index contributed by atoms with van der Waals surface area (Å²) in [6.07, 6.45) is 0.186. The third-order valence-electron chi connectivity index (χ3n) is 2.94. The SMILES string of the molecule is CCC(O)C(C)c1nc(-c2cccc(C)n2)no1. The Balaban J connectivity index is 2.25. The Morgan fingerprint density at radius 2 is 2.11 bits per heavy atom. The molecule has 0 aliphatic heterocycles. The zero-order valence-corrected chi connectivity index (χ0v) is 10.8. The third kappa shape index (κ3) is 2.56. The molecule has 0 spiro atoms. The van der Waals surface area contributed by atoms with Crippen molar-refractivity contribution >= 4 is 0 Å². The maximum Gasteiger partial charge on any atom is 0.232 e. The Bertz CT molecular complexity index is 524. The van der Waals surface area contributed by atoms with Gasteiger partial charge in [0, 0.05) is 5.69 Å². The molecule has 0 aliphatic carbocycles. The maximum absolute atomic E-state index is 9.76. The number of hydrogen-bond acceptors (Lipinski definition) is 5. The lowest BCUT2D eigenvalue weighted by Gasteiger charge is -2.11. The predicted octanol–water partition coefficient (Wildman–Crippen LogP) is 2.31. The van der Waals surface area contributed by atoms with Gasteiger partial charge in [0.05, 0.1) is 12.0 Å². The molecule has 0 aromatic carbocycles. The van der Waals surface area contributed by atoms with E-state index < -0.39 is 6.10 Å². The smallest absolute Gasteiger partial charge is 0.232 e. The molecule has 0 aliphatic rings. The summed E-state index contributed by atoms with van der Waals surface area (Å²) in [5.74, 6) is 0.743. The number of aryl methyl sites for hydroxylation is 1. The van der Waals surface area contributed by atoms with Gasteiger partial charge in [0.25, 0.3) is 0 Å². The van der Waals surface area contributed by atoms with Crippen LogP contribution < -0.4 is 0 Å². The minimum Gasteiger partial charge on any atom is -0.392 e. The molecule has 2 unspecified atom stereocenters. The van der Waals surface area contributed by atoms with Gasteiger partial charge in [0.2, 0.25) is 11.7 Å². The van der Waals surface area contributed by atoms with E-state index in [0.29, 0.717) is 23.8 Å². The van der Waals surface area contributed by atoms with Crippen LogP contribution in [0.25, 0.3) is 11.5 Å². The first kappa shape index (κ1) is 12.7. The highest BCUT2D eigenvalue weighted by Gasteiger charge is 2.21. The summed E-state index contributed by atoms with van der Waals surface area (Å²) in [6, 6.07) is 5.65. The number of aromatic nitrogens is 3. The van der Waals surface area contributed by atoms with Gasteiger partial charge in [0.1, 0.15) is 5.69 Å². The van der Waals surface area contributed by atoms with Gasteiger partial charge < -0.3 is 9.63 Å². The first-order chi connectivity index (χ1) is 8.61. The number of aliphatic hydroxyl groups excluding tert-OH is 1. The molecule has 0 fully saturated rings. The summed E-state index contributed by atoms with van der Waals surface area (Å²) in [5, 5.41) is 13.7. The second-order valence-electron chi connectivity index (χ2n) is 4.38. The van der Waals surface area contributed by atoms with E-state index in [1.165, 1.54) is 0 Å². The van der Waals surface area contributed by atoms with E-state index in [1.807, 2.05) is 39.0 Å². The van der Waals surface area contributed by atoms with Crippen molar-refractivity contribution in [2.24, 2.45) is 0 Å². The fraction of sp³-hybridized carbons (Fsp3) is 0.462. The molecule has 2 rings (SSSR count). The molecule has 2 aromatic heterocycles. The van der Waals surface area contributed by atoms with Gasteiger partial charge in [-0.1, -0.05) is 25.1 Å². The van der Waals surface area contributed by atoms with Crippen molar-refractivity contribution in [3.05, 3.63) is 29.8 Å². The van der Waals surface area contributed by atoms with Crippen molar-refractivity contribution in [3.63, 3.8) is 0 Å². The van der Waals surface area contributed by atoms with Crippen molar-refractivity contribution in [1.29, 1.82) is 0 Å². The van der Waals surface area contributed by atoms with Crippen molar-refractivity contribution in [2.45, 2.75) is 39.2 Å². The standard InChI is InChI=1S/C13H17N3O2/c1-4-11(17)9(3)13-15-12(16-18-13)10-7-5-6-8(2)14-10/h5-7,9,11,17H,4H2,1-3H3. The Labute approximate surface area is 106 Å². The molecule has 96 valence electrons. The fourth-order valence-electron chi connectivity index (χ4n) is 1.71. The number of rotatable bonds is 4. The van der Waals surface area contributed by atoms with Gasteiger partial charge in [-0.15, -0.1) is 0 Å².